The van der Waals surface area contributed by atoms with Gasteiger partial charge in [0.25, 0.3) is 0 Å². The van der Waals surface area contributed by atoms with Crippen LogP contribution in [0.15, 0.2) is 0 Å². The minimum Gasteiger partial charge on any atom is -0.441 e. The fourth-order valence-corrected chi connectivity index (χ4v) is 4.62. The summed E-state index contributed by atoms with van der Waals surface area (Å²) in [5.74, 6) is 0.296. The van der Waals surface area contributed by atoms with Gasteiger partial charge in [-0.3, -0.25) is 9.69 Å². The number of carbonyl (C=O) groups excluding carboxylic acids is 2. The van der Waals surface area contributed by atoms with Crippen LogP contribution < -0.4 is 0 Å². The summed E-state index contributed by atoms with van der Waals surface area (Å²) in [6, 6.07) is 0. The molecule has 0 unspecified atom stereocenters. The molecule has 4 fully saturated rings. The number of piperidine rings is 1. The van der Waals surface area contributed by atoms with Gasteiger partial charge in [-0.2, -0.15) is 0 Å². The SMILES string of the molecule is CCN1CCN(CCN2CC3(CCN(C(=O)C4(C)CC4)CC3)OC2=O)CC1. The van der Waals surface area contributed by atoms with E-state index in [1.54, 1.807) is 0 Å². The highest BCUT2D eigenvalue weighted by Crippen LogP contribution is 2.47. The molecule has 4 aliphatic rings. The highest BCUT2D eigenvalue weighted by Gasteiger charge is 2.51. The maximum Gasteiger partial charge on any atom is 0.410 e. The van der Waals surface area contributed by atoms with Crippen molar-refractivity contribution in [3.05, 3.63) is 0 Å². The van der Waals surface area contributed by atoms with Gasteiger partial charge in [0, 0.05) is 70.6 Å². The predicted molar refractivity (Wildman–Crippen MR) is 102 cm³/mol. The van der Waals surface area contributed by atoms with Gasteiger partial charge >= 0.3 is 6.09 Å². The largest absolute Gasteiger partial charge is 0.441 e. The van der Waals surface area contributed by atoms with E-state index in [0.29, 0.717) is 25.5 Å². The lowest BCUT2D eigenvalue weighted by molar-refractivity contribution is -0.139. The van der Waals surface area contributed by atoms with Crippen molar-refractivity contribution in [1.82, 2.24) is 19.6 Å². The minimum absolute atomic E-state index is 0.106. The summed E-state index contributed by atoms with van der Waals surface area (Å²) in [5, 5.41) is 0. The van der Waals surface area contributed by atoms with Crippen LogP contribution in [0.5, 0.6) is 0 Å². The zero-order chi connectivity index (χ0) is 19.1. The van der Waals surface area contributed by atoms with E-state index in [1.165, 1.54) is 0 Å². The van der Waals surface area contributed by atoms with Gasteiger partial charge in [-0.1, -0.05) is 13.8 Å². The van der Waals surface area contributed by atoms with Gasteiger partial charge < -0.3 is 19.4 Å². The van der Waals surface area contributed by atoms with Gasteiger partial charge in [-0.05, 0) is 19.4 Å². The zero-order valence-electron chi connectivity index (χ0n) is 16.9. The fourth-order valence-electron chi connectivity index (χ4n) is 4.62. The first-order valence-electron chi connectivity index (χ1n) is 10.7. The number of amides is 2. The smallest absolute Gasteiger partial charge is 0.410 e. The first kappa shape index (κ1) is 19.0. The molecule has 7 nitrogen and oxygen atoms in total. The molecule has 27 heavy (non-hydrogen) atoms. The second-order valence-corrected chi connectivity index (χ2v) is 9.10. The number of likely N-dealkylation sites (tertiary alicyclic amines) is 1. The molecule has 1 aliphatic carbocycles. The van der Waals surface area contributed by atoms with E-state index in [-0.39, 0.29) is 17.1 Å². The molecule has 3 aliphatic heterocycles. The maximum atomic E-state index is 12.5. The van der Waals surface area contributed by atoms with Crippen molar-refractivity contribution in [1.29, 1.82) is 0 Å². The van der Waals surface area contributed by atoms with Crippen molar-refractivity contribution in [2.45, 2.75) is 45.1 Å². The molecule has 1 saturated carbocycles. The molecule has 0 aromatic heterocycles. The molecule has 2 amide bonds. The average Bonchev–Trinajstić information content (AvgIpc) is 3.36. The van der Waals surface area contributed by atoms with Crippen LogP contribution in [-0.4, -0.2) is 103 Å². The monoisotopic (exact) mass is 378 g/mol. The van der Waals surface area contributed by atoms with Gasteiger partial charge in [0.05, 0.1) is 6.54 Å². The van der Waals surface area contributed by atoms with Gasteiger partial charge in [-0.25, -0.2) is 4.79 Å². The fraction of sp³-hybridized carbons (Fsp3) is 0.900. The summed E-state index contributed by atoms with van der Waals surface area (Å²) in [4.78, 5) is 33.7. The molecule has 0 radical (unpaired) electrons. The van der Waals surface area contributed by atoms with Crippen LogP contribution in [0.3, 0.4) is 0 Å². The zero-order valence-corrected chi connectivity index (χ0v) is 16.9. The Balaban J connectivity index is 1.24. The topological polar surface area (TPSA) is 56.3 Å². The van der Waals surface area contributed by atoms with Crippen molar-refractivity contribution in [2.75, 3.05) is 65.4 Å². The summed E-state index contributed by atoms with van der Waals surface area (Å²) in [5.41, 5.74) is -0.482. The Labute approximate surface area is 162 Å². The number of piperazine rings is 1. The second-order valence-electron chi connectivity index (χ2n) is 9.10. The van der Waals surface area contributed by atoms with E-state index in [2.05, 4.69) is 23.6 Å². The molecular formula is C20H34N4O3. The lowest BCUT2D eigenvalue weighted by Crippen LogP contribution is -2.51. The number of rotatable bonds is 5. The molecule has 0 aromatic carbocycles. The Kier molecular flexibility index (Phi) is 5.10. The third-order valence-corrected chi connectivity index (χ3v) is 7.12. The molecule has 1 spiro atoms. The molecule has 0 atom stereocenters. The normalized spacial score (nSPS) is 27.9. The van der Waals surface area contributed by atoms with E-state index in [9.17, 15) is 9.59 Å². The lowest BCUT2D eigenvalue weighted by atomic mass is 9.90. The van der Waals surface area contributed by atoms with Crippen molar-refractivity contribution in [2.24, 2.45) is 5.41 Å². The van der Waals surface area contributed by atoms with Crippen LogP contribution in [0.25, 0.3) is 0 Å². The Morgan fingerprint density at radius 1 is 0.963 bits per heavy atom. The Hall–Kier alpha value is -1.34. The quantitative estimate of drug-likeness (QED) is 0.720. The Morgan fingerprint density at radius 3 is 2.19 bits per heavy atom. The standard InChI is InChI=1S/C20H34N4O3/c1-3-21-10-12-22(13-11-21)14-15-24-16-20(27-18(24)26)6-8-23(9-7-20)17(25)19(2)4-5-19/h3-16H2,1-2H3. The Bertz CT molecular complexity index is 576. The number of hydrogen-bond donors (Lipinski definition) is 0. The van der Waals surface area contributed by atoms with Gasteiger partial charge in [-0.15, -0.1) is 0 Å². The van der Waals surface area contributed by atoms with Crippen LogP contribution >= 0.6 is 0 Å². The van der Waals surface area contributed by atoms with Crippen molar-refractivity contribution in [3.63, 3.8) is 0 Å². The second kappa shape index (κ2) is 7.24. The molecule has 7 heteroatoms. The Morgan fingerprint density at radius 2 is 1.59 bits per heavy atom. The summed E-state index contributed by atoms with van der Waals surface area (Å²) < 4.78 is 5.83. The van der Waals surface area contributed by atoms with E-state index in [0.717, 1.165) is 71.5 Å². The highest BCUT2D eigenvalue weighted by molar-refractivity contribution is 5.85. The maximum absolute atomic E-state index is 12.5. The molecule has 4 rings (SSSR count). The predicted octanol–water partition coefficient (Wildman–Crippen LogP) is 1.24. The molecule has 0 bridgehead atoms. The van der Waals surface area contributed by atoms with Gasteiger partial charge in [0.1, 0.15) is 5.60 Å². The molecule has 0 aromatic rings. The van der Waals surface area contributed by atoms with E-state index >= 15 is 0 Å². The molecular weight excluding hydrogens is 344 g/mol. The molecule has 3 heterocycles. The van der Waals surface area contributed by atoms with E-state index in [1.807, 2.05) is 9.80 Å². The number of ether oxygens (including phenoxy) is 1. The number of hydrogen-bond acceptors (Lipinski definition) is 5. The van der Waals surface area contributed by atoms with Crippen LogP contribution in [0.2, 0.25) is 0 Å². The third kappa shape index (κ3) is 3.94. The average molecular weight is 379 g/mol. The third-order valence-electron chi connectivity index (χ3n) is 7.12. The summed E-state index contributed by atoms with van der Waals surface area (Å²) in [6.45, 7) is 13.6. The van der Waals surface area contributed by atoms with E-state index < -0.39 is 0 Å². The van der Waals surface area contributed by atoms with Gasteiger partial charge in [0.2, 0.25) is 5.91 Å². The lowest BCUT2D eigenvalue weighted by Gasteiger charge is -2.38. The van der Waals surface area contributed by atoms with E-state index in [4.69, 9.17) is 4.74 Å². The summed E-state index contributed by atoms with van der Waals surface area (Å²) in [6.07, 6.45) is 3.40. The first-order chi connectivity index (χ1) is 12.9. The van der Waals surface area contributed by atoms with Crippen molar-refractivity contribution in [3.8, 4) is 0 Å². The van der Waals surface area contributed by atoms with Crippen LogP contribution in [-0.2, 0) is 9.53 Å². The first-order valence-corrected chi connectivity index (χ1v) is 10.7. The van der Waals surface area contributed by atoms with Crippen LogP contribution in [0, 0.1) is 5.41 Å². The minimum atomic E-state index is -0.376. The van der Waals surface area contributed by atoms with Crippen molar-refractivity contribution >= 4 is 12.0 Å². The van der Waals surface area contributed by atoms with Crippen LogP contribution in [0.4, 0.5) is 4.79 Å². The number of nitrogens with zero attached hydrogens (tertiary/aromatic N) is 4. The number of carbonyl (C=O) groups is 2. The number of likely N-dealkylation sites (N-methyl/N-ethyl adjacent to an activating group) is 1. The molecule has 3 saturated heterocycles. The summed E-state index contributed by atoms with van der Waals surface area (Å²) in [7, 11) is 0. The van der Waals surface area contributed by atoms with Gasteiger partial charge in [0.15, 0.2) is 0 Å². The summed E-state index contributed by atoms with van der Waals surface area (Å²) >= 11 is 0. The van der Waals surface area contributed by atoms with Crippen molar-refractivity contribution < 1.29 is 14.3 Å². The highest BCUT2D eigenvalue weighted by atomic mass is 16.6. The molecule has 0 N–H and O–H groups in total. The van der Waals surface area contributed by atoms with Crippen LogP contribution in [0.1, 0.15) is 39.5 Å². The molecule has 152 valence electrons.